The molecule has 0 saturated heterocycles. The molecule has 0 aliphatic rings. The summed E-state index contributed by atoms with van der Waals surface area (Å²) in [5.74, 6) is 0. The monoisotopic (exact) mass is 316 g/mol. The van der Waals surface area contributed by atoms with Gasteiger partial charge in [0.25, 0.3) is 0 Å². The number of para-hydroxylation sites is 2. The number of hydrogen-bond donors (Lipinski definition) is 1. The van der Waals surface area contributed by atoms with Crippen molar-refractivity contribution in [3.63, 3.8) is 0 Å². The lowest BCUT2D eigenvalue weighted by molar-refractivity contribution is 0.635. The van der Waals surface area contributed by atoms with Gasteiger partial charge in [-0.05, 0) is 29.4 Å². The number of rotatable bonds is 4. The SMILES string of the molecule is O=c1[nH]c2ccccc2n1CCCCI. The average Bonchev–Trinajstić information content (AvgIpc) is 2.56. The lowest BCUT2D eigenvalue weighted by Crippen LogP contribution is -2.16. The Bertz CT molecular complexity index is 501. The highest BCUT2D eigenvalue weighted by Crippen LogP contribution is 2.09. The molecule has 0 saturated carbocycles. The molecule has 1 aromatic carbocycles. The van der Waals surface area contributed by atoms with Gasteiger partial charge in [-0.2, -0.15) is 0 Å². The number of aryl methyl sites for hydroxylation is 1. The van der Waals surface area contributed by atoms with Crippen molar-refractivity contribution in [1.82, 2.24) is 9.55 Å². The maximum Gasteiger partial charge on any atom is 0.326 e. The number of fused-ring (bicyclic) bond motifs is 1. The number of hydrogen-bond acceptors (Lipinski definition) is 1. The van der Waals surface area contributed by atoms with Crippen LogP contribution in [0.25, 0.3) is 11.0 Å². The van der Waals surface area contributed by atoms with Crippen LogP contribution in [-0.2, 0) is 6.54 Å². The Balaban J connectivity index is 2.33. The Hall–Kier alpha value is -0.780. The number of aromatic amines is 1. The number of H-pyrrole nitrogens is 1. The van der Waals surface area contributed by atoms with Crippen LogP contribution in [0.3, 0.4) is 0 Å². The molecule has 2 aromatic rings. The van der Waals surface area contributed by atoms with E-state index in [2.05, 4.69) is 27.6 Å². The summed E-state index contributed by atoms with van der Waals surface area (Å²) in [6.07, 6.45) is 2.22. The van der Waals surface area contributed by atoms with E-state index in [0.717, 1.165) is 34.8 Å². The summed E-state index contributed by atoms with van der Waals surface area (Å²) >= 11 is 2.36. The van der Waals surface area contributed by atoms with Crippen molar-refractivity contribution >= 4 is 33.6 Å². The van der Waals surface area contributed by atoms with Gasteiger partial charge in [0.15, 0.2) is 0 Å². The highest BCUT2D eigenvalue weighted by Gasteiger charge is 2.04. The number of nitrogens with zero attached hydrogens (tertiary/aromatic N) is 1. The van der Waals surface area contributed by atoms with E-state index in [1.807, 2.05) is 28.8 Å². The van der Waals surface area contributed by atoms with Crippen LogP contribution in [0.4, 0.5) is 0 Å². The van der Waals surface area contributed by atoms with Crippen molar-refractivity contribution in [1.29, 1.82) is 0 Å². The third kappa shape index (κ3) is 2.25. The lowest BCUT2D eigenvalue weighted by Gasteiger charge is -2.01. The molecule has 0 fully saturated rings. The van der Waals surface area contributed by atoms with Crippen LogP contribution in [0.15, 0.2) is 29.1 Å². The van der Waals surface area contributed by atoms with Crippen molar-refractivity contribution < 1.29 is 0 Å². The molecule has 0 amide bonds. The Labute approximate surface area is 102 Å². The van der Waals surface area contributed by atoms with Gasteiger partial charge in [-0.15, -0.1) is 0 Å². The molecule has 0 bridgehead atoms. The van der Waals surface area contributed by atoms with Gasteiger partial charge in [-0.25, -0.2) is 4.79 Å². The molecule has 80 valence electrons. The predicted molar refractivity (Wildman–Crippen MR) is 70.7 cm³/mol. The van der Waals surface area contributed by atoms with Crippen molar-refractivity contribution in [2.24, 2.45) is 0 Å². The predicted octanol–water partition coefficient (Wildman–Crippen LogP) is 2.54. The number of halogens is 1. The molecule has 0 aliphatic carbocycles. The quantitative estimate of drug-likeness (QED) is 0.525. The van der Waals surface area contributed by atoms with Crippen LogP contribution in [0.1, 0.15) is 12.8 Å². The number of aromatic nitrogens is 2. The molecule has 1 aromatic heterocycles. The van der Waals surface area contributed by atoms with Crippen LogP contribution >= 0.6 is 22.6 Å². The molecule has 0 spiro atoms. The third-order valence-electron chi connectivity index (χ3n) is 2.45. The van der Waals surface area contributed by atoms with Gasteiger partial charge in [0.1, 0.15) is 0 Å². The molecule has 0 radical (unpaired) electrons. The number of alkyl halides is 1. The van der Waals surface area contributed by atoms with Gasteiger partial charge in [-0.3, -0.25) is 4.57 Å². The van der Waals surface area contributed by atoms with E-state index in [-0.39, 0.29) is 5.69 Å². The maximum absolute atomic E-state index is 11.6. The van der Waals surface area contributed by atoms with Gasteiger partial charge < -0.3 is 4.98 Å². The first-order valence-electron chi connectivity index (χ1n) is 5.06. The second kappa shape index (κ2) is 4.83. The van der Waals surface area contributed by atoms with Crippen LogP contribution in [0.2, 0.25) is 0 Å². The fourth-order valence-corrected chi connectivity index (χ4v) is 2.23. The van der Waals surface area contributed by atoms with Crippen molar-refractivity contribution in [2.75, 3.05) is 4.43 Å². The summed E-state index contributed by atoms with van der Waals surface area (Å²) in [5.41, 5.74) is 1.94. The molecule has 0 aliphatic heterocycles. The zero-order chi connectivity index (χ0) is 10.7. The van der Waals surface area contributed by atoms with Crippen LogP contribution in [-0.4, -0.2) is 14.0 Å². The van der Waals surface area contributed by atoms with Gasteiger partial charge in [0.05, 0.1) is 11.0 Å². The fraction of sp³-hybridized carbons (Fsp3) is 0.364. The van der Waals surface area contributed by atoms with Crippen molar-refractivity contribution in [3.8, 4) is 0 Å². The maximum atomic E-state index is 11.6. The third-order valence-corrected chi connectivity index (χ3v) is 3.21. The molecular weight excluding hydrogens is 303 g/mol. The molecule has 1 heterocycles. The van der Waals surface area contributed by atoms with E-state index in [1.165, 1.54) is 0 Å². The number of nitrogens with one attached hydrogen (secondary N) is 1. The van der Waals surface area contributed by atoms with Crippen molar-refractivity contribution in [3.05, 3.63) is 34.7 Å². The highest BCUT2D eigenvalue weighted by atomic mass is 127. The molecule has 1 N–H and O–H groups in total. The molecule has 4 heteroatoms. The minimum atomic E-state index is 0.00431. The first-order chi connectivity index (χ1) is 7.33. The number of imidazole rings is 1. The van der Waals surface area contributed by atoms with Gasteiger partial charge in [-0.1, -0.05) is 34.7 Å². The summed E-state index contributed by atoms with van der Waals surface area (Å²) in [5, 5.41) is 0. The van der Waals surface area contributed by atoms with E-state index >= 15 is 0 Å². The summed E-state index contributed by atoms with van der Waals surface area (Å²) in [7, 11) is 0. The molecule has 0 unspecified atom stereocenters. The fourth-order valence-electron chi connectivity index (χ4n) is 1.69. The van der Waals surface area contributed by atoms with E-state index in [1.54, 1.807) is 0 Å². The second-order valence-corrected chi connectivity index (χ2v) is 4.57. The van der Waals surface area contributed by atoms with Gasteiger partial charge in [0.2, 0.25) is 0 Å². The summed E-state index contributed by atoms with van der Waals surface area (Å²) in [6.45, 7) is 0.811. The molecule has 0 atom stereocenters. The van der Waals surface area contributed by atoms with Crippen LogP contribution < -0.4 is 5.69 Å². The van der Waals surface area contributed by atoms with E-state index in [4.69, 9.17) is 0 Å². The normalized spacial score (nSPS) is 11.0. The zero-order valence-corrected chi connectivity index (χ0v) is 10.5. The first-order valence-corrected chi connectivity index (χ1v) is 6.59. The number of benzene rings is 1. The van der Waals surface area contributed by atoms with E-state index in [9.17, 15) is 4.79 Å². The Kier molecular flexibility index (Phi) is 3.45. The minimum absolute atomic E-state index is 0.00431. The summed E-state index contributed by atoms with van der Waals surface area (Å²) in [4.78, 5) is 14.5. The second-order valence-electron chi connectivity index (χ2n) is 3.50. The molecule has 15 heavy (non-hydrogen) atoms. The first kappa shape index (κ1) is 10.7. The number of unbranched alkanes of at least 4 members (excludes halogenated alkanes) is 1. The van der Waals surface area contributed by atoms with Crippen LogP contribution in [0, 0.1) is 0 Å². The average molecular weight is 316 g/mol. The lowest BCUT2D eigenvalue weighted by atomic mass is 10.3. The van der Waals surface area contributed by atoms with Crippen LogP contribution in [0.5, 0.6) is 0 Å². The largest absolute Gasteiger partial charge is 0.326 e. The molecular formula is C11H13IN2O. The Morgan fingerprint density at radius 1 is 1.27 bits per heavy atom. The zero-order valence-electron chi connectivity index (χ0n) is 8.37. The smallest absolute Gasteiger partial charge is 0.306 e. The summed E-state index contributed by atoms with van der Waals surface area (Å²) in [6, 6.07) is 7.82. The highest BCUT2D eigenvalue weighted by molar-refractivity contribution is 14.1. The van der Waals surface area contributed by atoms with Crippen molar-refractivity contribution in [2.45, 2.75) is 19.4 Å². The topological polar surface area (TPSA) is 37.8 Å². The minimum Gasteiger partial charge on any atom is -0.306 e. The standard InChI is InChI=1S/C11H13IN2O/c12-7-3-4-8-14-10-6-2-1-5-9(10)13-11(14)15/h1-2,5-6H,3-4,7-8H2,(H,13,15). The molecule has 3 nitrogen and oxygen atoms in total. The Morgan fingerprint density at radius 2 is 2.07 bits per heavy atom. The Morgan fingerprint density at radius 3 is 2.87 bits per heavy atom. The van der Waals surface area contributed by atoms with Gasteiger partial charge in [0, 0.05) is 6.54 Å². The molecule has 2 rings (SSSR count). The van der Waals surface area contributed by atoms with Gasteiger partial charge >= 0.3 is 5.69 Å². The van der Waals surface area contributed by atoms with E-state index < -0.39 is 0 Å². The summed E-state index contributed by atoms with van der Waals surface area (Å²) < 4.78 is 2.97. The van der Waals surface area contributed by atoms with E-state index in [0.29, 0.717) is 0 Å².